The van der Waals surface area contributed by atoms with Crippen LogP contribution in [-0.2, 0) is 11.2 Å². The average Bonchev–Trinajstić information content (AvgIpc) is 2.68. The van der Waals surface area contributed by atoms with Crippen LogP contribution in [-0.4, -0.2) is 17.4 Å². The fourth-order valence-corrected chi connectivity index (χ4v) is 3.07. The normalized spacial score (nSPS) is 12.6. The van der Waals surface area contributed by atoms with Gasteiger partial charge in [-0.05, 0) is 90.8 Å². The van der Waals surface area contributed by atoms with Crippen LogP contribution >= 0.6 is 0 Å². The van der Waals surface area contributed by atoms with E-state index in [0.717, 1.165) is 44.1 Å². The highest BCUT2D eigenvalue weighted by molar-refractivity contribution is 5.78. The molecule has 3 heteroatoms. The number of hydrogen-bond donors (Lipinski definition) is 1. The summed E-state index contributed by atoms with van der Waals surface area (Å²) in [7, 11) is 0. The molecule has 1 N–H and O–H groups in total. The van der Waals surface area contributed by atoms with Crippen molar-refractivity contribution in [3.8, 4) is 0 Å². The summed E-state index contributed by atoms with van der Waals surface area (Å²) in [4.78, 5) is 15.9. The van der Waals surface area contributed by atoms with Crippen molar-refractivity contribution in [2.24, 2.45) is 0 Å². The van der Waals surface area contributed by atoms with Crippen molar-refractivity contribution in [2.45, 2.75) is 79.6 Å². The van der Waals surface area contributed by atoms with Gasteiger partial charge in [-0.2, -0.15) is 0 Å². The third-order valence-corrected chi connectivity index (χ3v) is 5.02. The van der Waals surface area contributed by atoms with Crippen LogP contribution in [0.3, 0.4) is 0 Å². The minimum absolute atomic E-state index is 0.0465. The van der Waals surface area contributed by atoms with Crippen molar-refractivity contribution >= 4 is 5.91 Å². The van der Waals surface area contributed by atoms with Crippen LogP contribution in [0, 0.1) is 0 Å². The smallest absolute Gasteiger partial charge is 0.224 e. The number of allylic oxidation sites excluding steroid dienone is 7. The Morgan fingerprint density at radius 2 is 1.30 bits per heavy atom. The SMILES string of the molecule is CC(C)=CCC/C(C)=C/CC/C(C)=C/CC/C(C)=C/CNC(=O)Cc1ccncc1. The summed E-state index contributed by atoms with van der Waals surface area (Å²) in [5.41, 5.74) is 6.66. The Morgan fingerprint density at radius 1 is 0.800 bits per heavy atom. The molecular formula is C27H40N2O. The number of carbonyl (C=O) groups is 1. The van der Waals surface area contributed by atoms with E-state index in [1.807, 2.05) is 12.1 Å². The van der Waals surface area contributed by atoms with Gasteiger partial charge >= 0.3 is 0 Å². The van der Waals surface area contributed by atoms with Gasteiger partial charge in [0.25, 0.3) is 0 Å². The highest BCUT2D eigenvalue weighted by atomic mass is 16.1. The van der Waals surface area contributed by atoms with Crippen molar-refractivity contribution in [3.63, 3.8) is 0 Å². The van der Waals surface area contributed by atoms with Crippen LogP contribution in [0.5, 0.6) is 0 Å². The molecule has 1 amide bonds. The summed E-state index contributed by atoms with van der Waals surface area (Å²) in [6.07, 6.45) is 19.7. The van der Waals surface area contributed by atoms with Gasteiger partial charge in [-0.15, -0.1) is 0 Å². The lowest BCUT2D eigenvalue weighted by Gasteiger charge is -2.04. The van der Waals surface area contributed by atoms with Crippen LogP contribution < -0.4 is 5.32 Å². The number of nitrogens with zero attached hydrogens (tertiary/aromatic N) is 1. The third kappa shape index (κ3) is 13.7. The fraction of sp³-hybridized carbons (Fsp3) is 0.481. The van der Waals surface area contributed by atoms with Crippen LogP contribution in [0.1, 0.15) is 78.7 Å². The molecule has 0 radical (unpaired) electrons. The second-order valence-corrected chi connectivity index (χ2v) is 8.39. The lowest BCUT2D eigenvalue weighted by molar-refractivity contribution is -0.120. The zero-order valence-electron chi connectivity index (χ0n) is 19.6. The van der Waals surface area contributed by atoms with Crippen molar-refractivity contribution < 1.29 is 4.79 Å². The molecule has 0 aliphatic carbocycles. The van der Waals surface area contributed by atoms with E-state index in [2.05, 4.69) is 69.2 Å². The lowest BCUT2D eigenvalue weighted by Crippen LogP contribution is -2.25. The van der Waals surface area contributed by atoms with Crippen LogP contribution in [0.15, 0.2) is 71.1 Å². The standard InChI is InChI=1S/C27H40N2O/c1-22(2)9-6-10-23(3)11-7-12-24(4)13-8-14-25(5)15-20-29-27(30)21-26-16-18-28-19-17-26/h9,11,13,15-19H,6-8,10,12,14,20-21H2,1-5H3,(H,29,30)/b23-11+,24-13+,25-15+. The lowest BCUT2D eigenvalue weighted by atomic mass is 10.0. The Hall–Kier alpha value is -2.42. The van der Waals surface area contributed by atoms with Crippen molar-refractivity contribution in [3.05, 3.63) is 76.7 Å². The number of rotatable bonds is 13. The Kier molecular flexibility index (Phi) is 13.2. The maximum absolute atomic E-state index is 12.0. The first kappa shape index (κ1) is 25.6. The molecule has 0 fully saturated rings. The number of aromatic nitrogens is 1. The van der Waals surface area contributed by atoms with E-state index in [1.54, 1.807) is 12.4 Å². The molecule has 1 aromatic heterocycles. The topological polar surface area (TPSA) is 42.0 Å². The minimum atomic E-state index is 0.0465. The van der Waals surface area contributed by atoms with Crippen LogP contribution in [0.4, 0.5) is 0 Å². The van der Waals surface area contributed by atoms with Gasteiger partial charge < -0.3 is 5.32 Å². The largest absolute Gasteiger partial charge is 0.352 e. The predicted octanol–water partition coefficient (Wildman–Crippen LogP) is 6.89. The van der Waals surface area contributed by atoms with Gasteiger partial charge in [0, 0.05) is 18.9 Å². The van der Waals surface area contributed by atoms with Gasteiger partial charge in [0.1, 0.15) is 0 Å². The molecule has 0 atom stereocenters. The molecule has 30 heavy (non-hydrogen) atoms. The highest BCUT2D eigenvalue weighted by Crippen LogP contribution is 2.13. The predicted molar refractivity (Wildman–Crippen MR) is 129 cm³/mol. The van der Waals surface area contributed by atoms with Gasteiger partial charge in [-0.3, -0.25) is 9.78 Å². The van der Waals surface area contributed by atoms with Crippen molar-refractivity contribution in [2.75, 3.05) is 6.54 Å². The number of pyridine rings is 1. The maximum atomic E-state index is 12.0. The quantitative estimate of drug-likeness (QED) is 0.361. The Morgan fingerprint density at radius 3 is 1.83 bits per heavy atom. The highest BCUT2D eigenvalue weighted by Gasteiger charge is 2.01. The first-order valence-electron chi connectivity index (χ1n) is 11.1. The zero-order valence-corrected chi connectivity index (χ0v) is 19.6. The number of nitrogens with one attached hydrogen (secondary N) is 1. The Labute approximate surface area is 184 Å². The molecule has 1 rings (SSSR count). The molecule has 0 spiro atoms. The summed E-state index contributed by atoms with van der Waals surface area (Å²) >= 11 is 0. The molecule has 0 aliphatic heterocycles. The molecule has 1 heterocycles. The van der Waals surface area contributed by atoms with Crippen molar-refractivity contribution in [1.82, 2.24) is 10.3 Å². The van der Waals surface area contributed by atoms with Gasteiger partial charge in [-0.1, -0.05) is 46.6 Å². The third-order valence-electron chi connectivity index (χ3n) is 5.02. The molecule has 164 valence electrons. The summed E-state index contributed by atoms with van der Waals surface area (Å²) < 4.78 is 0. The first-order chi connectivity index (χ1) is 14.4. The molecule has 0 aromatic carbocycles. The Bertz CT molecular complexity index is 750. The summed E-state index contributed by atoms with van der Waals surface area (Å²) in [6.45, 7) is 11.5. The molecule has 0 bridgehead atoms. The second-order valence-electron chi connectivity index (χ2n) is 8.39. The van der Waals surface area contributed by atoms with E-state index in [0.29, 0.717) is 13.0 Å². The van der Waals surface area contributed by atoms with Gasteiger partial charge in [0.2, 0.25) is 5.91 Å². The molecule has 0 saturated heterocycles. The molecule has 3 nitrogen and oxygen atoms in total. The molecule has 0 unspecified atom stereocenters. The van der Waals surface area contributed by atoms with E-state index in [-0.39, 0.29) is 5.91 Å². The number of amides is 1. The van der Waals surface area contributed by atoms with Crippen molar-refractivity contribution in [1.29, 1.82) is 0 Å². The van der Waals surface area contributed by atoms with E-state index < -0.39 is 0 Å². The molecule has 0 saturated carbocycles. The van der Waals surface area contributed by atoms with Gasteiger partial charge in [0.15, 0.2) is 0 Å². The van der Waals surface area contributed by atoms with E-state index in [4.69, 9.17) is 0 Å². The molecule has 1 aromatic rings. The summed E-state index contributed by atoms with van der Waals surface area (Å²) in [5.74, 6) is 0.0465. The van der Waals surface area contributed by atoms with E-state index >= 15 is 0 Å². The summed E-state index contributed by atoms with van der Waals surface area (Å²) in [5, 5.41) is 2.96. The second kappa shape index (κ2) is 15.4. The molecular weight excluding hydrogens is 368 g/mol. The zero-order chi connectivity index (χ0) is 22.2. The van der Waals surface area contributed by atoms with E-state index in [9.17, 15) is 4.79 Å². The Balaban J connectivity index is 2.21. The van der Waals surface area contributed by atoms with Gasteiger partial charge in [-0.25, -0.2) is 0 Å². The minimum Gasteiger partial charge on any atom is -0.352 e. The average molecular weight is 409 g/mol. The molecule has 0 aliphatic rings. The van der Waals surface area contributed by atoms with E-state index in [1.165, 1.54) is 22.3 Å². The van der Waals surface area contributed by atoms with Crippen LogP contribution in [0.25, 0.3) is 0 Å². The first-order valence-corrected chi connectivity index (χ1v) is 11.1. The maximum Gasteiger partial charge on any atom is 0.224 e. The summed E-state index contributed by atoms with van der Waals surface area (Å²) in [6, 6.07) is 3.74. The van der Waals surface area contributed by atoms with Gasteiger partial charge in [0.05, 0.1) is 6.42 Å². The van der Waals surface area contributed by atoms with Crippen LogP contribution in [0.2, 0.25) is 0 Å². The number of carbonyl (C=O) groups excluding carboxylic acids is 1. The monoisotopic (exact) mass is 408 g/mol. The fourth-order valence-electron chi connectivity index (χ4n) is 3.07. The number of hydrogen-bond acceptors (Lipinski definition) is 2.